The third kappa shape index (κ3) is 3.47. The van der Waals surface area contributed by atoms with Crippen molar-refractivity contribution < 1.29 is 18.3 Å². The number of nitriles is 1. The fraction of sp³-hybridized carbons (Fsp3) is 0.364. The molecule has 0 radical (unpaired) electrons. The van der Waals surface area contributed by atoms with Crippen LogP contribution < -0.4 is 0 Å². The molecule has 0 aliphatic carbocycles. The Morgan fingerprint density at radius 1 is 1.67 bits per heavy atom. The zero-order valence-electron chi connectivity index (χ0n) is 9.41. The summed E-state index contributed by atoms with van der Waals surface area (Å²) in [6.07, 6.45) is -3.15. The van der Waals surface area contributed by atoms with Crippen molar-refractivity contribution in [3.05, 3.63) is 27.5 Å². The second-order valence-electron chi connectivity index (χ2n) is 3.26. The molecule has 4 nitrogen and oxygen atoms in total. The lowest BCUT2D eigenvalue weighted by atomic mass is 10.1. The first-order valence-electron chi connectivity index (χ1n) is 5.02. The molecule has 0 saturated carbocycles. The van der Waals surface area contributed by atoms with E-state index in [0.29, 0.717) is 0 Å². The molecule has 0 unspecified atom stereocenters. The van der Waals surface area contributed by atoms with Gasteiger partial charge in [-0.25, -0.2) is 13.8 Å². The number of aromatic nitrogens is 1. The fourth-order valence-corrected chi connectivity index (χ4v) is 1.77. The number of esters is 1. The number of hydrogen-bond acceptors (Lipinski definition) is 4. The summed E-state index contributed by atoms with van der Waals surface area (Å²) in [5.41, 5.74) is -0.657. The number of hydrogen-bond donors (Lipinski definition) is 0. The molecule has 1 rings (SSSR count). The number of halogens is 3. The van der Waals surface area contributed by atoms with Crippen LogP contribution in [0.15, 0.2) is 10.5 Å². The van der Waals surface area contributed by atoms with Crippen molar-refractivity contribution in [1.82, 2.24) is 4.98 Å². The van der Waals surface area contributed by atoms with Crippen molar-refractivity contribution in [2.45, 2.75) is 19.8 Å². The molecule has 0 atom stereocenters. The molecule has 0 amide bonds. The highest BCUT2D eigenvalue weighted by molar-refractivity contribution is 9.10. The highest BCUT2D eigenvalue weighted by Crippen LogP contribution is 2.26. The molecular weight excluding hydrogens is 310 g/mol. The summed E-state index contributed by atoms with van der Waals surface area (Å²) < 4.78 is 30.5. The minimum Gasteiger partial charge on any atom is -0.466 e. The minimum atomic E-state index is -2.85. The maximum atomic E-state index is 12.8. The van der Waals surface area contributed by atoms with Crippen LogP contribution in [0, 0.1) is 11.3 Å². The number of rotatable bonds is 4. The van der Waals surface area contributed by atoms with Gasteiger partial charge in [-0.05, 0) is 34.5 Å². The Morgan fingerprint density at radius 2 is 2.33 bits per heavy atom. The first-order chi connectivity index (χ1) is 8.49. The second-order valence-corrected chi connectivity index (χ2v) is 4.11. The van der Waals surface area contributed by atoms with Crippen LogP contribution in [0.25, 0.3) is 0 Å². The van der Waals surface area contributed by atoms with E-state index in [2.05, 4.69) is 25.7 Å². The summed E-state index contributed by atoms with van der Waals surface area (Å²) in [6, 6.07) is 2.98. The summed E-state index contributed by atoms with van der Waals surface area (Å²) in [7, 11) is 0. The fourth-order valence-electron chi connectivity index (χ4n) is 1.32. The van der Waals surface area contributed by atoms with Gasteiger partial charge in [0.2, 0.25) is 0 Å². The number of ether oxygens (including phenoxy) is 1. The van der Waals surface area contributed by atoms with Crippen molar-refractivity contribution in [2.75, 3.05) is 6.61 Å². The molecule has 0 fully saturated rings. The Hall–Kier alpha value is -1.55. The van der Waals surface area contributed by atoms with E-state index in [4.69, 9.17) is 5.26 Å². The molecule has 7 heteroatoms. The lowest BCUT2D eigenvalue weighted by Gasteiger charge is -2.09. The molecule has 96 valence electrons. The number of pyridine rings is 1. The van der Waals surface area contributed by atoms with E-state index >= 15 is 0 Å². The van der Waals surface area contributed by atoms with E-state index < -0.39 is 18.1 Å². The van der Waals surface area contributed by atoms with Crippen LogP contribution >= 0.6 is 15.9 Å². The van der Waals surface area contributed by atoms with Crippen LogP contribution in [-0.2, 0) is 16.0 Å². The predicted molar refractivity (Wildman–Crippen MR) is 61.9 cm³/mol. The van der Waals surface area contributed by atoms with Crippen LogP contribution in [0.4, 0.5) is 8.78 Å². The van der Waals surface area contributed by atoms with Crippen LogP contribution in [0.5, 0.6) is 0 Å². The van der Waals surface area contributed by atoms with Crippen molar-refractivity contribution in [1.29, 1.82) is 5.26 Å². The zero-order valence-corrected chi connectivity index (χ0v) is 11.0. The number of nitrogens with zero attached hydrogens (tertiary/aromatic N) is 2. The molecule has 1 aromatic rings. The van der Waals surface area contributed by atoms with Gasteiger partial charge in [0.15, 0.2) is 5.69 Å². The van der Waals surface area contributed by atoms with Gasteiger partial charge in [0, 0.05) is 0 Å². The molecule has 0 aromatic carbocycles. The monoisotopic (exact) mass is 318 g/mol. The molecule has 0 bridgehead atoms. The van der Waals surface area contributed by atoms with Gasteiger partial charge in [0.05, 0.1) is 17.5 Å². The lowest BCUT2D eigenvalue weighted by Crippen LogP contribution is -2.11. The molecule has 0 N–H and O–H groups in total. The highest BCUT2D eigenvalue weighted by Gasteiger charge is 2.20. The van der Waals surface area contributed by atoms with E-state index in [-0.39, 0.29) is 28.8 Å². The van der Waals surface area contributed by atoms with Crippen molar-refractivity contribution in [3.63, 3.8) is 0 Å². The SMILES string of the molecule is CCOC(=O)Cc1cc(Br)c(C#N)nc1C(F)F. The third-order valence-electron chi connectivity index (χ3n) is 2.04. The average molecular weight is 319 g/mol. The summed E-state index contributed by atoms with van der Waals surface area (Å²) in [5.74, 6) is -0.613. The summed E-state index contributed by atoms with van der Waals surface area (Å²) in [4.78, 5) is 14.8. The Kier molecular flexibility index (Phi) is 5.16. The van der Waals surface area contributed by atoms with Gasteiger partial charge in [0.25, 0.3) is 6.43 Å². The highest BCUT2D eigenvalue weighted by atomic mass is 79.9. The predicted octanol–water partition coefficient (Wildman–Crippen LogP) is 2.76. The summed E-state index contributed by atoms with van der Waals surface area (Å²) in [5, 5.41) is 8.70. The lowest BCUT2D eigenvalue weighted by molar-refractivity contribution is -0.142. The number of alkyl halides is 2. The van der Waals surface area contributed by atoms with Gasteiger partial charge < -0.3 is 4.74 Å². The standard InChI is InChI=1S/C11H9BrF2N2O2/c1-2-18-9(17)4-6-3-7(12)8(5-15)16-10(6)11(13)14/h3,11H,2,4H2,1H3. The Balaban J connectivity index is 3.14. The molecule has 0 aliphatic rings. The van der Waals surface area contributed by atoms with Gasteiger partial charge in [-0.1, -0.05) is 0 Å². The molecular formula is C11H9BrF2N2O2. The van der Waals surface area contributed by atoms with Crippen molar-refractivity contribution in [2.24, 2.45) is 0 Å². The molecule has 0 spiro atoms. The Morgan fingerprint density at radius 3 is 2.83 bits per heavy atom. The van der Waals surface area contributed by atoms with Gasteiger partial charge in [-0.2, -0.15) is 5.26 Å². The van der Waals surface area contributed by atoms with Crippen LogP contribution in [0.3, 0.4) is 0 Å². The van der Waals surface area contributed by atoms with E-state index in [9.17, 15) is 13.6 Å². The van der Waals surface area contributed by atoms with Crippen molar-refractivity contribution in [3.8, 4) is 6.07 Å². The molecule has 18 heavy (non-hydrogen) atoms. The molecule has 1 heterocycles. The third-order valence-corrected chi connectivity index (χ3v) is 2.65. The molecule has 0 aliphatic heterocycles. The van der Waals surface area contributed by atoms with Gasteiger partial charge in [0.1, 0.15) is 11.8 Å². The Bertz CT molecular complexity index is 501. The van der Waals surface area contributed by atoms with Gasteiger partial charge in [-0.15, -0.1) is 0 Å². The smallest absolute Gasteiger partial charge is 0.310 e. The van der Waals surface area contributed by atoms with E-state index in [1.54, 1.807) is 13.0 Å². The first-order valence-corrected chi connectivity index (χ1v) is 5.82. The molecule has 1 aromatic heterocycles. The van der Waals surface area contributed by atoms with Gasteiger partial charge in [-0.3, -0.25) is 4.79 Å². The first kappa shape index (κ1) is 14.5. The largest absolute Gasteiger partial charge is 0.466 e. The van der Waals surface area contributed by atoms with E-state index in [1.165, 1.54) is 6.07 Å². The quantitative estimate of drug-likeness (QED) is 0.801. The summed E-state index contributed by atoms with van der Waals surface area (Å²) in [6.45, 7) is 1.80. The second kappa shape index (κ2) is 6.40. The van der Waals surface area contributed by atoms with E-state index in [1.807, 2.05) is 0 Å². The zero-order chi connectivity index (χ0) is 13.7. The average Bonchev–Trinajstić information content (AvgIpc) is 2.29. The minimum absolute atomic E-state index is 0.0503. The van der Waals surface area contributed by atoms with E-state index in [0.717, 1.165) is 0 Å². The maximum absolute atomic E-state index is 12.8. The van der Waals surface area contributed by atoms with Crippen LogP contribution in [0.1, 0.15) is 30.3 Å². The maximum Gasteiger partial charge on any atom is 0.310 e. The summed E-state index contributed by atoms with van der Waals surface area (Å²) >= 11 is 3.04. The Labute approximate surface area is 111 Å². The number of carbonyl (C=O) groups is 1. The van der Waals surface area contributed by atoms with Crippen molar-refractivity contribution >= 4 is 21.9 Å². The number of carbonyl (C=O) groups excluding carboxylic acids is 1. The van der Waals surface area contributed by atoms with Crippen LogP contribution in [0.2, 0.25) is 0 Å². The molecule has 0 saturated heterocycles. The van der Waals surface area contributed by atoms with Gasteiger partial charge >= 0.3 is 5.97 Å². The normalized spacial score (nSPS) is 10.2. The topological polar surface area (TPSA) is 63.0 Å². The van der Waals surface area contributed by atoms with Crippen LogP contribution in [-0.4, -0.2) is 17.6 Å².